The van der Waals surface area contributed by atoms with E-state index in [0.29, 0.717) is 17.9 Å². The van der Waals surface area contributed by atoms with Gasteiger partial charge < -0.3 is 10.1 Å². The molecular formula is C26H21FN2O4S. The van der Waals surface area contributed by atoms with Crippen molar-refractivity contribution >= 4 is 40.6 Å². The number of hydrogen-bond donors (Lipinski definition) is 1. The zero-order chi connectivity index (χ0) is 24.1. The minimum Gasteiger partial charge on any atom is -0.489 e. The van der Waals surface area contributed by atoms with Crippen molar-refractivity contribution in [2.24, 2.45) is 0 Å². The number of ether oxygens (including phenoxy) is 1. The fourth-order valence-electron chi connectivity index (χ4n) is 3.31. The average Bonchev–Trinajstić information content (AvgIpc) is 3.07. The summed E-state index contributed by atoms with van der Waals surface area (Å²) in [6.07, 6.45) is 1.59. The van der Waals surface area contributed by atoms with Crippen LogP contribution in [0, 0.1) is 12.7 Å². The molecule has 0 bridgehead atoms. The van der Waals surface area contributed by atoms with Gasteiger partial charge in [-0.15, -0.1) is 0 Å². The number of carbonyl (C=O) groups excluding carboxylic acids is 3. The molecule has 1 fully saturated rings. The summed E-state index contributed by atoms with van der Waals surface area (Å²) in [7, 11) is 0. The molecule has 1 saturated heterocycles. The number of hydrogen-bond acceptors (Lipinski definition) is 5. The first-order valence-corrected chi connectivity index (χ1v) is 11.3. The Kier molecular flexibility index (Phi) is 7.08. The molecule has 0 aliphatic carbocycles. The molecule has 0 atom stereocenters. The number of aryl methyl sites for hydroxylation is 1. The summed E-state index contributed by atoms with van der Waals surface area (Å²) in [5, 5.41) is 1.82. The van der Waals surface area contributed by atoms with Crippen molar-refractivity contribution in [1.29, 1.82) is 0 Å². The molecule has 3 aromatic rings. The van der Waals surface area contributed by atoms with E-state index in [-0.39, 0.29) is 10.6 Å². The molecular weight excluding hydrogens is 455 g/mol. The number of thioether (sulfide) groups is 1. The standard InChI is InChI=1S/C26H21FN2O4S/c1-17-5-4-6-19(13-17)16-33-20-11-9-18(10-12-20)14-23-25(31)29(26(32)34-23)15-24(30)28-22-8-3-2-7-21(22)27/h2-14H,15-16H2,1H3,(H,28,30)/b23-14-. The van der Waals surface area contributed by atoms with E-state index in [4.69, 9.17) is 4.74 Å². The van der Waals surface area contributed by atoms with Gasteiger partial charge in [0.25, 0.3) is 11.1 Å². The van der Waals surface area contributed by atoms with Gasteiger partial charge in [0.15, 0.2) is 0 Å². The summed E-state index contributed by atoms with van der Waals surface area (Å²) in [6.45, 7) is 1.96. The molecule has 1 aliphatic rings. The van der Waals surface area contributed by atoms with Crippen LogP contribution >= 0.6 is 11.8 Å². The third-order valence-corrected chi connectivity index (χ3v) is 5.90. The van der Waals surface area contributed by atoms with Gasteiger partial charge in [-0.2, -0.15) is 0 Å². The Hall–Kier alpha value is -3.91. The summed E-state index contributed by atoms with van der Waals surface area (Å²) in [5.74, 6) is -1.16. The van der Waals surface area contributed by atoms with Gasteiger partial charge in [-0.3, -0.25) is 19.3 Å². The Morgan fingerprint density at radius 2 is 1.82 bits per heavy atom. The summed E-state index contributed by atoms with van der Waals surface area (Å²) in [4.78, 5) is 38.2. The van der Waals surface area contributed by atoms with Gasteiger partial charge in [-0.05, 0) is 60.2 Å². The number of anilines is 1. The molecule has 0 aromatic heterocycles. The quantitative estimate of drug-likeness (QED) is 0.463. The van der Waals surface area contributed by atoms with Crippen LogP contribution in [-0.2, 0) is 16.2 Å². The number of para-hydroxylation sites is 1. The van der Waals surface area contributed by atoms with E-state index in [2.05, 4.69) is 11.4 Å². The van der Waals surface area contributed by atoms with Gasteiger partial charge in [-0.25, -0.2) is 4.39 Å². The molecule has 0 unspecified atom stereocenters. The summed E-state index contributed by atoms with van der Waals surface area (Å²) < 4.78 is 19.5. The van der Waals surface area contributed by atoms with Crippen LogP contribution in [0.25, 0.3) is 6.08 Å². The normalized spacial score (nSPS) is 14.5. The van der Waals surface area contributed by atoms with Crippen molar-refractivity contribution in [3.8, 4) is 5.75 Å². The highest BCUT2D eigenvalue weighted by atomic mass is 32.2. The van der Waals surface area contributed by atoms with Gasteiger partial charge in [0.05, 0.1) is 10.6 Å². The lowest BCUT2D eigenvalue weighted by molar-refractivity contribution is -0.127. The van der Waals surface area contributed by atoms with E-state index in [1.807, 2.05) is 25.1 Å². The smallest absolute Gasteiger partial charge is 0.294 e. The monoisotopic (exact) mass is 476 g/mol. The van der Waals surface area contributed by atoms with Crippen LogP contribution in [0.5, 0.6) is 5.75 Å². The van der Waals surface area contributed by atoms with E-state index in [1.54, 1.807) is 36.4 Å². The van der Waals surface area contributed by atoms with E-state index in [9.17, 15) is 18.8 Å². The highest BCUT2D eigenvalue weighted by molar-refractivity contribution is 8.18. The topological polar surface area (TPSA) is 75.7 Å². The molecule has 172 valence electrons. The van der Waals surface area contributed by atoms with Gasteiger partial charge >= 0.3 is 0 Å². The number of rotatable bonds is 7. The number of nitrogens with zero attached hydrogens (tertiary/aromatic N) is 1. The molecule has 8 heteroatoms. The Morgan fingerprint density at radius 1 is 1.06 bits per heavy atom. The van der Waals surface area contributed by atoms with Gasteiger partial charge in [0.1, 0.15) is 24.7 Å². The van der Waals surface area contributed by atoms with Crippen LogP contribution in [0.1, 0.15) is 16.7 Å². The molecule has 0 saturated carbocycles. The second-order valence-electron chi connectivity index (χ2n) is 7.64. The summed E-state index contributed by atoms with van der Waals surface area (Å²) in [6, 6.07) is 20.9. The highest BCUT2D eigenvalue weighted by Crippen LogP contribution is 2.32. The van der Waals surface area contributed by atoms with Crippen molar-refractivity contribution in [1.82, 2.24) is 4.90 Å². The number of amides is 3. The molecule has 1 heterocycles. The Balaban J connectivity index is 1.36. The fourth-order valence-corrected chi connectivity index (χ4v) is 4.15. The van der Waals surface area contributed by atoms with Crippen LogP contribution in [0.2, 0.25) is 0 Å². The number of imide groups is 1. The van der Waals surface area contributed by atoms with Crippen LogP contribution in [0.4, 0.5) is 14.9 Å². The Morgan fingerprint density at radius 3 is 2.56 bits per heavy atom. The van der Waals surface area contributed by atoms with E-state index >= 15 is 0 Å². The molecule has 3 amide bonds. The predicted octanol–water partition coefficient (Wildman–Crippen LogP) is 5.39. The lowest BCUT2D eigenvalue weighted by atomic mass is 10.1. The third kappa shape index (κ3) is 5.71. The van der Waals surface area contributed by atoms with Crippen molar-refractivity contribution in [3.05, 3.63) is 100 Å². The van der Waals surface area contributed by atoms with Gasteiger partial charge in [0.2, 0.25) is 5.91 Å². The van der Waals surface area contributed by atoms with Crippen LogP contribution in [0.3, 0.4) is 0 Å². The van der Waals surface area contributed by atoms with Crippen LogP contribution in [-0.4, -0.2) is 28.5 Å². The molecule has 34 heavy (non-hydrogen) atoms. The number of benzene rings is 3. The molecule has 6 nitrogen and oxygen atoms in total. The molecule has 4 rings (SSSR count). The lowest BCUT2D eigenvalue weighted by Gasteiger charge is -2.12. The SMILES string of the molecule is Cc1cccc(COc2ccc(/C=C3\SC(=O)N(CC(=O)Nc4ccccc4F)C3=O)cc2)c1. The van der Waals surface area contributed by atoms with Crippen molar-refractivity contribution in [2.75, 3.05) is 11.9 Å². The predicted molar refractivity (Wildman–Crippen MR) is 130 cm³/mol. The molecule has 3 aromatic carbocycles. The second-order valence-corrected chi connectivity index (χ2v) is 8.64. The Labute approximate surface area is 200 Å². The van der Waals surface area contributed by atoms with E-state index < -0.39 is 29.4 Å². The highest BCUT2D eigenvalue weighted by Gasteiger charge is 2.36. The first kappa shape index (κ1) is 23.3. The number of halogens is 1. The molecule has 1 N–H and O–H groups in total. The first-order chi connectivity index (χ1) is 16.4. The van der Waals surface area contributed by atoms with Crippen LogP contribution in [0.15, 0.2) is 77.7 Å². The summed E-state index contributed by atoms with van der Waals surface area (Å²) in [5.41, 5.74) is 2.93. The third-order valence-electron chi connectivity index (χ3n) is 4.99. The maximum Gasteiger partial charge on any atom is 0.294 e. The average molecular weight is 477 g/mol. The second kappa shape index (κ2) is 10.4. The fraction of sp³-hybridized carbons (Fsp3) is 0.115. The largest absolute Gasteiger partial charge is 0.489 e. The zero-order valence-electron chi connectivity index (χ0n) is 18.3. The maximum atomic E-state index is 13.7. The number of carbonyl (C=O) groups is 3. The van der Waals surface area contributed by atoms with Crippen molar-refractivity contribution in [3.63, 3.8) is 0 Å². The molecule has 0 spiro atoms. The van der Waals surface area contributed by atoms with Gasteiger partial charge in [-0.1, -0.05) is 54.1 Å². The minimum absolute atomic E-state index is 0.0141. The van der Waals surface area contributed by atoms with Crippen molar-refractivity contribution in [2.45, 2.75) is 13.5 Å². The first-order valence-electron chi connectivity index (χ1n) is 10.5. The molecule has 0 radical (unpaired) electrons. The molecule has 1 aliphatic heterocycles. The minimum atomic E-state index is -0.663. The zero-order valence-corrected chi connectivity index (χ0v) is 19.1. The van der Waals surface area contributed by atoms with Crippen LogP contribution < -0.4 is 10.1 Å². The van der Waals surface area contributed by atoms with E-state index in [1.165, 1.54) is 18.2 Å². The summed E-state index contributed by atoms with van der Waals surface area (Å²) >= 11 is 0.754. The van der Waals surface area contributed by atoms with Gasteiger partial charge in [0, 0.05) is 0 Å². The number of nitrogens with one attached hydrogen (secondary N) is 1. The Bertz CT molecular complexity index is 1270. The lowest BCUT2D eigenvalue weighted by Crippen LogP contribution is -2.36. The maximum absolute atomic E-state index is 13.7. The van der Waals surface area contributed by atoms with E-state index in [0.717, 1.165) is 27.8 Å². The van der Waals surface area contributed by atoms with Crippen molar-refractivity contribution < 1.29 is 23.5 Å².